The lowest BCUT2D eigenvalue weighted by atomic mass is 9.82. The third-order valence-electron chi connectivity index (χ3n) is 4.77. The van der Waals surface area contributed by atoms with E-state index in [1.807, 2.05) is 39.0 Å². The van der Waals surface area contributed by atoms with E-state index in [2.05, 4.69) is 6.92 Å². The maximum absolute atomic E-state index is 12.7. The van der Waals surface area contributed by atoms with Crippen LogP contribution in [0.5, 0.6) is 5.75 Å². The Morgan fingerprint density at radius 2 is 1.56 bits per heavy atom. The van der Waals surface area contributed by atoms with Crippen molar-refractivity contribution in [3.63, 3.8) is 0 Å². The number of esters is 2. The zero-order valence-electron chi connectivity index (χ0n) is 16.1. The molecule has 0 heterocycles. The van der Waals surface area contributed by atoms with Crippen molar-refractivity contribution in [1.29, 1.82) is 0 Å². The minimum Gasteiger partial charge on any atom is -0.465 e. The summed E-state index contributed by atoms with van der Waals surface area (Å²) in [6, 6.07) is 7.30. The average molecular weight is 348 g/mol. The molecule has 0 fully saturated rings. The van der Waals surface area contributed by atoms with E-state index in [1.54, 1.807) is 6.07 Å². The number of benzene rings is 1. The largest absolute Gasteiger partial charge is 0.465 e. The van der Waals surface area contributed by atoms with Gasteiger partial charge in [-0.15, -0.1) is 0 Å². The molecular weight excluding hydrogens is 316 g/mol. The molecule has 0 spiro atoms. The fraction of sp³-hybridized carbons (Fsp3) is 0.619. The first-order valence-corrected chi connectivity index (χ1v) is 9.47. The monoisotopic (exact) mass is 348 g/mol. The van der Waals surface area contributed by atoms with Gasteiger partial charge in [0.05, 0.1) is 6.61 Å². The molecule has 25 heavy (non-hydrogen) atoms. The predicted octanol–water partition coefficient (Wildman–Crippen LogP) is 5.22. The van der Waals surface area contributed by atoms with Crippen molar-refractivity contribution in [3.05, 3.63) is 29.8 Å². The van der Waals surface area contributed by atoms with Crippen LogP contribution in [0, 0.1) is 12.3 Å². The van der Waals surface area contributed by atoms with Crippen molar-refractivity contribution in [1.82, 2.24) is 0 Å². The van der Waals surface area contributed by atoms with Gasteiger partial charge in [0.25, 0.3) is 0 Å². The average Bonchev–Trinajstić information content (AvgIpc) is 2.61. The molecule has 0 bridgehead atoms. The highest BCUT2D eigenvalue weighted by atomic mass is 16.6. The molecule has 1 aromatic carbocycles. The topological polar surface area (TPSA) is 52.6 Å². The Balaban J connectivity index is 2.69. The number of para-hydroxylation sites is 1. The van der Waals surface area contributed by atoms with E-state index in [1.165, 1.54) is 12.8 Å². The molecule has 4 nitrogen and oxygen atoms in total. The molecule has 0 saturated carbocycles. The Bertz CT molecular complexity index is 547. The van der Waals surface area contributed by atoms with Crippen LogP contribution in [-0.2, 0) is 14.3 Å². The highest BCUT2D eigenvalue weighted by Crippen LogP contribution is 2.31. The van der Waals surface area contributed by atoms with Gasteiger partial charge in [0.15, 0.2) is 5.41 Å². The van der Waals surface area contributed by atoms with E-state index in [0.717, 1.165) is 24.8 Å². The van der Waals surface area contributed by atoms with Gasteiger partial charge in [-0.2, -0.15) is 0 Å². The number of hydrogen-bond acceptors (Lipinski definition) is 4. The number of carbonyl (C=O) groups excluding carboxylic acids is 2. The molecule has 0 radical (unpaired) electrons. The van der Waals surface area contributed by atoms with E-state index in [4.69, 9.17) is 9.47 Å². The third kappa shape index (κ3) is 5.87. The van der Waals surface area contributed by atoms with Crippen LogP contribution < -0.4 is 4.74 Å². The van der Waals surface area contributed by atoms with Gasteiger partial charge < -0.3 is 9.47 Å². The molecule has 0 aromatic heterocycles. The molecule has 0 atom stereocenters. The Morgan fingerprint density at radius 1 is 0.920 bits per heavy atom. The maximum Gasteiger partial charge on any atom is 0.328 e. The normalized spacial score (nSPS) is 11.2. The Morgan fingerprint density at radius 3 is 2.16 bits per heavy atom. The number of ether oxygens (including phenoxy) is 2. The van der Waals surface area contributed by atoms with Crippen molar-refractivity contribution in [2.45, 2.75) is 72.6 Å². The first kappa shape index (κ1) is 21.2. The van der Waals surface area contributed by atoms with E-state index in [0.29, 0.717) is 25.2 Å². The van der Waals surface area contributed by atoms with Crippen molar-refractivity contribution in [2.75, 3.05) is 6.61 Å². The standard InChI is InChI=1S/C21H32O4/c1-5-8-9-10-13-16-24-19(22)21(6-2,7-3)20(23)25-18-15-12-11-14-17(18)4/h11-12,14-15H,5-10,13,16H2,1-4H3. The van der Waals surface area contributed by atoms with Gasteiger partial charge in [-0.05, 0) is 37.8 Å². The van der Waals surface area contributed by atoms with Crippen LogP contribution in [0.1, 0.15) is 71.3 Å². The smallest absolute Gasteiger partial charge is 0.328 e. The van der Waals surface area contributed by atoms with E-state index < -0.39 is 17.4 Å². The maximum atomic E-state index is 12.7. The van der Waals surface area contributed by atoms with Crippen molar-refractivity contribution in [2.24, 2.45) is 5.41 Å². The Labute approximate surface area is 151 Å². The molecule has 140 valence electrons. The lowest BCUT2D eigenvalue weighted by molar-refractivity contribution is -0.168. The van der Waals surface area contributed by atoms with Crippen LogP contribution in [0.4, 0.5) is 0 Å². The summed E-state index contributed by atoms with van der Waals surface area (Å²) in [6.45, 7) is 8.05. The molecule has 4 heteroatoms. The van der Waals surface area contributed by atoms with Crippen LogP contribution in [-0.4, -0.2) is 18.5 Å². The van der Waals surface area contributed by atoms with Crippen LogP contribution in [0.2, 0.25) is 0 Å². The van der Waals surface area contributed by atoms with Crippen molar-refractivity contribution >= 4 is 11.9 Å². The number of aryl methyl sites for hydroxylation is 1. The minimum absolute atomic E-state index is 0.363. The Hall–Kier alpha value is -1.84. The second kappa shape index (κ2) is 10.9. The number of hydrogen-bond donors (Lipinski definition) is 0. The molecule has 0 aliphatic heterocycles. The van der Waals surface area contributed by atoms with Crippen LogP contribution >= 0.6 is 0 Å². The van der Waals surface area contributed by atoms with E-state index in [9.17, 15) is 9.59 Å². The number of carbonyl (C=O) groups is 2. The zero-order chi connectivity index (χ0) is 18.7. The van der Waals surface area contributed by atoms with Gasteiger partial charge >= 0.3 is 11.9 Å². The number of unbranched alkanes of at least 4 members (excludes halogenated alkanes) is 4. The minimum atomic E-state index is -1.23. The summed E-state index contributed by atoms with van der Waals surface area (Å²) in [5, 5.41) is 0. The second-order valence-electron chi connectivity index (χ2n) is 6.49. The highest BCUT2D eigenvalue weighted by Gasteiger charge is 2.46. The zero-order valence-corrected chi connectivity index (χ0v) is 16.1. The molecule has 0 unspecified atom stereocenters. The third-order valence-corrected chi connectivity index (χ3v) is 4.77. The van der Waals surface area contributed by atoms with Crippen LogP contribution in [0.25, 0.3) is 0 Å². The van der Waals surface area contributed by atoms with Gasteiger partial charge in [-0.3, -0.25) is 9.59 Å². The quantitative estimate of drug-likeness (QED) is 0.238. The van der Waals surface area contributed by atoms with Crippen molar-refractivity contribution < 1.29 is 19.1 Å². The summed E-state index contributed by atoms with van der Waals surface area (Å²) in [6.07, 6.45) is 6.13. The molecule has 1 aromatic rings. The van der Waals surface area contributed by atoms with Gasteiger partial charge in [0.1, 0.15) is 5.75 Å². The second-order valence-corrected chi connectivity index (χ2v) is 6.49. The summed E-state index contributed by atoms with van der Waals surface area (Å²) in [5.41, 5.74) is -0.368. The van der Waals surface area contributed by atoms with E-state index in [-0.39, 0.29) is 0 Å². The first-order chi connectivity index (χ1) is 12.0. The summed E-state index contributed by atoms with van der Waals surface area (Å²) in [7, 11) is 0. The fourth-order valence-electron chi connectivity index (χ4n) is 2.79. The molecule has 0 aliphatic rings. The molecule has 0 N–H and O–H groups in total. The molecule has 0 aliphatic carbocycles. The Kier molecular flexibility index (Phi) is 9.25. The fourth-order valence-corrected chi connectivity index (χ4v) is 2.79. The summed E-state index contributed by atoms with van der Waals surface area (Å²) in [5.74, 6) is -0.500. The van der Waals surface area contributed by atoms with Gasteiger partial charge in [0.2, 0.25) is 0 Å². The summed E-state index contributed by atoms with van der Waals surface area (Å²) in [4.78, 5) is 25.4. The first-order valence-electron chi connectivity index (χ1n) is 9.47. The molecule has 0 saturated heterocycles. The lowest BCUT2D eigenvalue weighted by Crippen LogP contribution is -2.42. The SMILES string of the molecule is CCCCCCCOC(=O)C(CC)(CC)C(=O)Oc1ccccc1C. The molecule has 1 rings (SSSR count). The van der Waals surface area contributed by atoms with Gasteiger partial charge in [-0.1, -0.05) is 64.7 Å². The van der Waals surface area contributed by atoms with Crippen LogP contribution in [0.3, 0.4) is 0 Å². The van der Waals surface area contributed by atoms with Gasteiger partial charge in [0, 0.05) is 0 Å². The van der Waals surface area contributed by atoms with E-state index >= 15 is 0 Å². The predicted molar refractivity (Wildman–Crippen MR) is 99.5 cm³/mol. The lowest BCUT2D eigenvalue weighted by Gasteiger charge is -2.27. The highest BCUT2D eigenvalue weighted by molar-refractivity contribution is 6.00. The summed E-state index contributed by atoms with van der Waals surface area (Å²) >= 11 is 0. The molecule has 0 amide bonds. The van der Waals surface area contributed by atoms with Crippen LogP contribution in [0.15, 0.2) is 24.3 Å². The van der Waals surface area contributed by atoms with Crippen molar-refractivity contribution in [3.8, 4) is 5.75 Å². The summed E-state index contributed by atoms with van der Waals surface area (Å²) < 4.78 is 11.0. The molecular formula is C21H32O4. The van der Waals surface area contributed by atoms with Gasteiger partial charge in [-0.25, -0.2) is 0 Å². The number of rotatable bonds is 11.